The third-order valence-electron chi connectivity index (χ3n) is 4.18. The molecule has 2 aromatic rings. The van der Waals surface area contributed by atoms with Crippen LogP contribution in [0.5, 0.6) is 0 Å². The second kappa shape index (κ2) is 9.70. The second-order valence-corrected chi connectivity index (χ2v) is 5.88. The van der Waals surface area contributed by atoms with E-state index in [0.29, 0.717) is 30.4 Å². The lowest BCUT2D eigenvalue weighted by molar-refractivity contribution is 0.363. The van der Waals surface area contributed by atoms with E-state index in [2.05, 4.69) is 30.2 Å². The smallest absolute Gasteiger partial charge is 0.228 e. The maximum absolute atomic E-state index is 13.9. The monoisotopic (exact) mass is 474 g/mol. The molecule has 0 atom stereocenters. The van der Waals surface area contributed by atoms with Crippen molar-refractivity contribution in [2.45, 2.75) is 13.3 Å². The van der Waals surface area contributed by atoms with Crippen LogP contribution in [0.1, 0.15) is 11.7 Å². The maximum atomic E-state index is 13.9. The molecule has 0 bridgehead atoms. The van der Waals surface area contributed by atoms with Crippen LogP contribution in [0, 0.1) is 12.7 Å². The molecule has 3 rings (SSSR count). The number of guanidine groups is 1. The molecule has 0 amide bonds. The summed E-state index contributed by atoms with van der Waals surface area (Å²) in [6.45, 7) is 5.55. The Labute approximate surface area is 169 Å². The number of hydrogen-bond acceptors (Lipinski definition) is 5. The van der Waals surface area contributed by atoms with Gasteiger partial charge in [-0.3, -0.25) is 4.99 Å². The summed E-state index contributed by atoms with van der Waals surface area (Å²) in [5.74, 6) is 1.92. The first-order valence-electron chi connectivity index (χ1n) is 8.41. The summed E-state index contributed by atoms with van der Waals surface area (Å²) >= 11 is 0. The molecule has 26 heavy (non-hydrogen) atoms. The largest absolute Gasteiger partial charge is 0.366 e. The second-order valence-electron chi connectivity index (χ2n) is 5.88. The number of aryl methyl sites for hydroxylation is 1. The average molecular weight is 474 g/mol. The van der Waals surface area contributed by atoms with Crippen LogP contribution in [0.4, 0.5) is 10.1 Å². The van der Waals surface area contributed by atoms with Crippen molar-refractivity contribution in [1.82, 2.24) is 20.4 Å². The molecule has 7 nitrogen and oxygen atoms in total. The Bertz CT molecular complexity index is 730. The van der Waals surface area contributed by atoms with Crippen molar-refractivity contribution in [1.29, 1.82) is 0 Å². The van der Waals surface area contributed by atoms with Gasteiger partial charge < -0.3 is 19.6 Å². The molecule has 1 aromatic heterocycles. The van der Waals surface area contributed by atoms with Crippen molar-refractivity contribution < 1.29 is 8.91 Å². The Morgan fingerprint density at radius 3 is 2.62 bits per heavy atom. The zero-order chi connectivity index (χ0) is 17.6. The predicted molar refractivity (Wildman–Crippen MR) is 110 cm³/mol. The van der Waals surface area contributed by atoms with Gasteiger partial charge in [-0.15, -0.1) is 24.0 Å². The molecule has 0 unspecified atom stereocenters. The van der Waals surface area contributed by atoms with E-state index in [9.17, 15) is 4.39 Å². The molecule has 1 aliphatic rings. The molecule has 142 valence electrons. The summed E-state index contributed by atoms with van der Waals surface area (Å²) in [4.78, 5) is 12.8. The van der Waals surface area contributed by atoms with Crippen LogP contribution in [0.25, 0.3) is 0 Å². The van der Waals surface area contributed by atoms with E-state index in [1.807, 2.05) is 12.1 Å². The maximum Gasteiger partial charge on any atom is 0.228 e. The lowest BCUT2D eigenvalue weighted by Gasteiger charge is -2.37. The van der Waals surface area contributed by atoms with Crippen LogP contribution in [-0.4, -0.2) is 60.8 Å². The van der Waals surface area contributed by atoms with Gasteiger partial charge in [0.15, 0.2) is 11.8 Å². The minimum atomic E-state index is -0.173. The van der Waals surface area contributed by atoms with Gasteiger partial charge in [0.1, 0.15) is 5.82 Å². The highest BCUT2D eigenvalue weighted by Crippen LogP contribution is 2.20. The van der Waals surface area contributed by atoms with Gasteiger partial charge in [0, 0.05) is 46.2 Å². The molecule has 2 heterocycles. The molecular formula is C17H24FIN6O. The highest BCUT2D eigenvalue weighted by atomic mass is 127. The van der Waals surface area contributed by atoms with Crippen LogP contribution in [0.3, 0.4) is 0 Å². The molecule has 1 aromatic carbocycles. The van der Waals surface area contributed by atoms with Gasteiger partial charge in [-0.2, -0.15) is 4.98 Å². The van der Waals surface area contributed by atoms with E-state index in [0.717, 1.165) is 32.1 Å². The first-order chi connectivity index (χ1) is 12.2. The number of piperazine rings is 1. The van der Waals surface area contributed by atoms with Gasteiger partial charge in [0.2, 0.25) is 5.89 Å². The zero-order valence-corrected chi connectivity index (χ0v) is 17.3. The number of hydrogen-bond donors (Lipinski definition) is 1. The molecule has 0 radical (unpaired) electrons. The van der Waals surface area contributed by atoms with Crippen molar-refractivity contribution >= 4 is 35.6 Å². The quantitative estimate of drug-likeness (QED) is 0.416. The number of aliphatic imine (C=N–C) groups is 1. The third kappa shape index (κ3) is 5.05. The summed E-state index contributed by atoms with van der Waals surface area (Å²) in [7, 11) is 1.77. The molecule has 1 fully saturated rings. The Hall–Kier alpha value is -1.91. The summed E-state index contributed by atoms with van der Waals surface area (Å²) in [6, 6.07) is 6.90. The summed E-state index contributed by atoms with van der Waals surface area (Å²) in [6.07, 6.45) is 0.648. The summed E-state index contributed by atoms with van der Waals surface area (Å²) in [5, 5.41) is 7.10. The van der Waals surface area contributed by atoms with E-state index in [1.54, 1.807) is 20.0 Å². The summed E-state index contributed by atoms with van der Waals surface area (Å²) in [5.41, 5.74) is 0.664. The van der Waals surface area contributed by atoms with Crippen LogP contribution in [0.2, 0.25) is 0 Å². The van der Waals surface area contributed by atoms with Crippen LogP contribution >= 0.6 is 24.0 Å². The van der Waals surface area contributed by atoms with E-state index >= 15 is 0 Å². The molecular weight excluding hydrogens is 450 g/mol. The van der Waals surface area contributed by atoms with Crippen molar-refractivity contribution in [2.24, 2.45) is 4.99 Å². The normalized spacial score (nSPS) is 15.0. The molecule has 9 heteroatoms. The molecule has 1 saturated heterocycles. The fraction of sp³-hybridized carbons (Fsp3) is 0.471. The highest BCUT2D eigenvalue weighted by Gasteiger charge is 2.21. The van der Waals surface area contributed by atoms with Crippen molar-refractivity contribution in [2.75, 3.05) is 44.7 Å². The number of benzene rings is 1. The Morgan fingerprint density at radius 2 is 2.00 bits per heavy atom. The van der Waals surface area contributed by atoms with Gasteiger partial charge >= 0.3 is 0 Å². The van der Waals surface area contributed by atoms with Crippen molar-refractivity contribution in [3.63, 3.8) is 0 Å². The van der Waals surface area contributed by atoms with E-state index in [1.165, 1.54) is 6.07 Å². The molecule has 1 N–H and O–H groups in total. The lowest BCUT2D eigenvalue weighted by Crippen LogP contribution is -2.53. The molecule has 0 spiro atoms. The average Bonchev–Trinajstić information content (AvgIpc) is 3.05. The van der Waals surface area contributed by atoms with Gasteiger partial charge in [-0.25, -0.2) is 4.39 Å². The van der Waals surface area contributed by atoms with E-state index in [-0.39, 0.29) is 29.8 Å². The number of aromatic nitrogens is 2. The number of nitrogens with zero attached hydrogens (tertiary/aromatic N) is 5. The zero-order valence-electron chi connectivity index (χ0n) is 15.0. The number of halogens is 2. The highest BCUT2D eigenvalue weighted by molar-refractivity contribution is 14.0. The molecule has 0 aliphatic carbocycles. The van der Waals surface area contributed by atoms with Crippen LogP contribution < -0.4 is 10.2 Å². The first kappa shape index (κ1) is 20.4. The van der Waals surface area contributed by atoms with Crippen molar-refractivity contribution in [3.05, 3.63) is 41.8 Å². The summed E-state index contributed by atoms with van der Waals surface area (Å²) < 4.78 is 19.0. The minimum Gasteiger partial charge on any atom is -0.366 e. The fourth-order valence-corrected chi connectivity index (χ4v) is 2.92. The molecule has 1 aliphatic heterocycles. The van der Waals surface area contributed by atoms with E-state index < -0.39 is 0 Å². The van der Waals surface area contributed by atoms with Crippen LogP contribution in [0.15, 0.2) is 33.8 Å². The predicted octanol–water partition coefficient (Wildman–Crippen LogP) is 2.08. The van der Waals surface area contributed by atoms with Gasteiger partial charge in [-0.1, -0.05) is 17.3 Å². The SMILES string of the molecule is CN=C(NCCc1nc(C)no1)N1CCN(c2ccccc2F)CC1.I. The van der Waals surface area contributed by atoms with Gasteiger partial charge in [-0.05, 0) is 19.1 Å². The third-order valence-corrected chi connectivity index (χ3v) is 4.18. The minimum absolute atomic E-state index is 0. The molecule has 0 saturated carbocycles. The number of para-hydroxylation sites is 1. The van der Waals surface area contributed by atoms with Crippen molar-refractivity contribution in [3.8, 4) is 0 Å². The van der Waals surface area contributed by atoms with E-state index in [4.69, 9.17) is 4.52 Å². The number of anilines is 1. The van der Waals surface area contributed by atoms with Gasteiger partial charge in [0.05, 0.1) is 5.69 Å². The Morgan fingerprint density at radius 1 is 1.27 bits per heavy atom. The number of nitrogens with one attached hydrogen (secondary N) is 1. The Kier molecular flexibility index (Phi) is 7.61. The Balaban J connectivity index is 0.00000243. The van der Waals surface area contributed by atoms with Crippen LogP contribution in [-0.2, 0) is 6.42 Å². The first-order valence-corrected chi connectivity index (χ1v) is 8.41. The number of rotatable bonds is 4. The lowest BCUT2D eigenvalue weighted by atomic mass is 10.2. The topological polar surface area (TPSA) is 69.8 Å². The standard InChI is InChI=1S/C17H23FN6O.HI/c1-13-21-16(25-22-13)7-8-20-17(19-2)24-11-9-23(10-12-24)15-6-4-3-5-14(15)18;/h3-6H,7-12H2,1-2H3,(H,19,20);1H. The van der Waals surface area contributed by atoms with Gasteiger partial charge in [0.25, 0.3) is 0 Å². The fourth-order valence-electron chi connectivity index (χ4n) is 2.92.